The summed E-state index contributed by atoms with van der Waals surface area (Å²) in [7, 11) is 0. The highest BCUT2D eigenvalue weighted by Crippen LogP contribution is 2.23. The van der Waals surface area contributed by atoms with Crippen molar-refractivity contribution >= 4 is 39.1 Å². The van der Waals surface area contributed by atoms with Crippen LogP contribution < -0.4 is 0 Å². The van der Waals surface area contributed by atoms with Gasteiger partial charge in [-0.1, -0.05) is 45.2 Å². The van der Waals surface area contributed by atoms with Crippen molar-refractivity contribution in [3.63, 3.8) is 0 Å². The number of nitrogens with zero attached hydrogens (tertiary/aromatic N) is 1. The van der Waals surface area contributed by atoms with Crippen molar-refractivity contribution < 1.29 is 0 Å². The number of hydrogen-bond donors (Lipinski definition) is 0. The van der Waals surface area contributed by atoms with Gasteiger partial charge in [-0.2, -0.15) is 5.26 Å². The Labute approximate surface area is 102 Å². The Kier molecular flexibility index (Phi) is 4.74. The van der Waals surface area contributed by atoms with E-state index >= 15 is 0 Å². The van der Waals surface area contributed by atoms with Crippen LogP contribution in [0.5, 0.6) is 0 Å². The van der Waals surface area contributed by atoms with Crippen LogP contribution in [-0.2, 0) is 6.42 Å². The van der Waals surface area contributed by atoms with Crippen molar-refractivity contribution in [2.45, 2.75) is 6.42 Å². The standard InChI is InChI=1S/C10H8BrCl2N/c11-5-7(6-14)3-8-1-2-9(12)4-10(8)13/h1-2,4,7H,3,5H2. The Morgan fingerprint density at radius 2 is 2.14 bits per heavy atom. The fourth-order valence-electron chi connectivity index (χ4n) is 1.09. The minimum atomic E-state index is -0.0475. The topological polar surface area (TPSA) is 23.8 Å². The number of benzene rings is 1. The lowest BCUT2D eigenvalue weighted by molar-refractivity contribution is 0.756. The summed E-state index contributed by atoms with van der Waals surface area (Å²) in [6.07, 6.45) is 0.651. The monoisotopic (exact) mass is 291 g/mol. The zero-order valence-corrected chi connectivity index (χ0v) is 10.4. The molecule has 1 nitrogen and oxygen atoms in total. The summed E-state index contributed by atoms with van der Waals surface area (Å²) in [5.74, 6) is -0.0475. The van der Waals surface area contributed by atoms with Crippen LogP contribution in [0.1, 0.15) is 5.56 Å². The van der Waals surface area contributed by atoms with E-state index in [1.54, 1.807) is 12.1 Å². The van der Waals surface area contributed by atoms with E-state index in [2.05, 4.69) is 22.0 Å². The summed E-state index contributed by atoms with van der Waals surface area (Å²) < 4.78 is 0. The Morgan fingerprint density at radius 3 is 2.64 bits per heavy atom. The van der Waals surface area contributed by atoms with Crippen LogP contribution in [0.4, 0.5) is 0 Å². The zero-order valence-electron chi connectivity index (χ0n) is 7.30. The molecule has 0 aliphatic rings. The third kappa shape index (κ3) is 3.16. The van der Waals surface area contributed by atoms with Gasteiger partial charge < -0.3 is 0 Å². The van der Waals surface area contributed by atoms with Gasteiger partial charge in [0, 0.05) is 15.4 Å². The van der Waals surface area contributed by atoms with Crippen LogP contribution in [0.2, 0.25) is 10.0 Å². The zero-order chi connectivity index (χ0) is 10.6. The number of rotatable bonds is 3. The molecule has 0 saturated heterocycles. The van der Waals surface area contributed by atoms with Crippen LogP contribution in [-0.4, -0.2) is 5.33 Å². The van der Waals surface area contributed by atoms with E-state index in [1.807, 2.05) is 6.07 Å². The smallest absolute Gasteiger partial charge is 0.0668 e. The van der Waals surface area contributed by atoms with Gasteiger partial charge in [0.2, 0.25) is 0 Å². The average Bonchev–Trinajstić information content (AvgIpc) is 2.17. The minimum absolute atomic E-state index is 0.0475. The fraction of sp³-hybridized carbons (Fsp3) is 0.300. The van der Waals surface area contributed by atoms with E-state index in [0.717, 1.165) is 5.56 Å². The first-order valence-electron chi connectivity index (χ1n) is 4.07. The van der Waals surface area contributed by atoms with E-state index in [9.17, 15) is 0 Å². The van der Waals surface area contributed by atoms with E-state index in [-0.39, 0.29) is 5.92 Å². The van der Waals surface area contributed by atoms with Crippen LogP contribution in [0, 0.1) is 17.2 Å². The molecular formula is C10H8BrCl2N. The predicted molar refractivity (Wildman–Crippen MR) is 63.1 cm³/mol. The number of nitriles is 1. The van der Waals surface area contributed by atoms with Gasteiger partial charge in [0.1, 0.15) is 0 Å². The Morgan fingerprint density at radius 1 is 1.43 bits per heavy atom. The molecule has 0 spiro atoms. The van der Waals surface area contributed by atoms with Gasteiger partial charge >= 0.3 is 0 Å². The first kappa shape index (κ1) is 11.8. The lowest BCUT2D eigenvalue weighted by Gasteiger charge is -2.07. The second-order valence-corrected chi connectivity index (χ2v) is 4.41. The van der Waals surface area contributed by atoms with Gasteiger partial charge in [0.05, 0.1) is 12.0 Å². The highest BCUT2D eigenvalue weighted by atomic mass is 79.9. The summed E-state index contributed by atoms with van der Waals surface area (Å²) in [6, 6.07) is 7.54. The molecule has 0 heterocycles. The van der Waals surface area contributed by atoms with Crippen molar-refractivity contribution in [2.24, 2.45) is 5.92 Å². The molecule has 1 aromatic rings. The summed E-state index contributed by atoms with van der Waals surface area (Å²) in [5, 5.41) is 10.7. The van der Waals surface area contributed by atoms with Crippen LogP contribution in [0.25, 0.3) is 0 Å². The van der Waals surface area contributed by atoms with E-state index in [1.165, 1.54) is 0 Å². The van der Waals surface area contributed by atoms with Gasteiger partial charge in [0.15, 0.2) is 0 Å². The van der Waals surface area contributed by atoms with Crippen LogP contribution in [0.15, 0.2) is 18.2 Å². The van der Waals surface area contributed by atoms with Crippen LogP contribution >= 0.6 is 39.1 Å². The second-order valence-electron chi connectivity index (χ2n) is 2.92. The molecule has 0 amide bonds. The Hall–Kier alpha value is -0.230. The molecule has 1 aromatic carbocycles. The molecule has 1 rings (SSSR count). The first-order valence-corrected chi connectivity index (χ1v) is 5.94. The normalized spacial score (nSPS) is 12.1. The minimum Gasteiger partial charge on any atom is -0.198 e. The van der Waals surface area contributed by atoms with Gasteiger partial charge in [0.25, 0.3) is 0 Å². The summed E-state index contributed by atoms with van der Waals surface area (Å²) >= 11 is 15.0. The molecule has 1 unspecified atom stereocenters. The Balaban J connectivity index is 2.82. The fourth-order valence-corrected chi connectivity index (χ4v) is 1.95. The molecule has 14 heavy (non-hydrogen) atoms. The maximum Gasteiger partial charge on any atom is 0.0668 e. The van der Waals surface area contributed by atoms with Gasteiger partial charge in [-0.15, -0.1) is 0 Å². The molecule has 0 bridgehead atoms. The van der Waals surface area contributed by atoms with E-state index in [4.69, 9.17) is 28.5 Å². The van der Waals surface area contributed by atoms with Gasteiger partial charge in [-0.25, -0.2) is 0 Å². The highest BCUT2D eigenvalue weighted by molar-refractivity contribution is 9.09. The predicted octanol–water partition coefficient (Wildman–Crippen LogP) is 4.07. The molecule has 0 fully saturated rings. The molecule has 0 aliphatic carbocycles. The SMILES string of the molecule is N#CC(CBr)Cc1ccc(Cl)cc1Cl. The molecule has 0 N–H and O–H groups in total. The van der Waals surface area contributed by atoms with Crippen molar-refractivity contribution in [2.75, 3.05) is 5.33 Å². The largest absolute Gasteiger partial charge is 0.198 e. The average molecular weight is 293 g/mol. The van der Waals surface area contributed by atoms with Crippen molar-refractivity contribution in [1.29, 1.82) is 5.26 Å². The summed E-state index contributed by atoms with van der Waals surface area (Å²) in [5.41, 5.74) is 0.960. The van der Waals surface area contributed by atoms with Gasteiger partial charge in [-0.3, -0.25) is 0 Å². The van der Waals surface area contributed by atoms with Crippen molar-refractivity contribution in [1.82, 2.24) is 0 Å². The van der Waals surface area contributed by atoms with E-state index in [0.29, 0.717) is 21.8 Å². The van der Waals surface area contributed by atoms with Crippen LogP contribution in [0.3, 0.4) is 0 Å². The molecular weight excluding hydrogens is 285 g/mol. The lowest BCUT2D eigenvalue weighted by Crippen LogP contribution is -2.03. The quantitative estimate of drug-likeness (QED) is 0.771. The van der Waals surface area contributed by atoms with Crippen molar-refractivity contribution in [3.05, 3.63) is 33.8 Å². The Bertz CT molecular complexity index is 360. The third-order valence-corrected chi connectivity index (χ3v) is 3.22. The number of alkyl halides is 1. The molecule has 0 saturated carbocycles. The molecule has 0 radical (unpaired) electrons. The molecule has 0 aliphatic heterocycles. The second kappa shape index (κ2) is 5.60. The number of hydrogen-bond acceptors (Lipinski definition) is 1. The molecule has 74 valence electrons. The van der Waals surface area contributed by atoms with Gasteiger partial charge in [-0.05, 0) is 24.1 Å². The third-order valence-electron chi connectivity index (χ3n) is 1.85. The highest BCUT2D eigenvalue weighted by Gasteiger charge is 2.09. The maximum absolute atomic E-state index is 8.78. The van der Waals surface area contributed by atoms with Crippen molar-refractivity contribution in [3.8, 4) is 6.07 Å². The lowest BCUT2D eigenvalue weighted by atomic mass is 10.0. The van der Waals surface area contributed by atoms with E-state index < -0.39 is 0 Å². The first-order chi connectivity index (χ1) is 6.67. The maximum atomic E-state index is 8.78. The summed E-state index contributed by atoms with van der Waals surface area (Å²) in [4.78, 5) is 0. The summed E-state index contributed by atoms with van der Waals surface area (Å²) in [6.45, 7) is 0. The molecule has 0 aromatic heterocycles. The molecule has 4 heteroatoms. The number of halogens is 3. The molecule has 1 atom stereocenters.